The number of para-hydroxylation sites is 1. The van der Waals surface area contributed by atoms with Crippen molar-refractivity contribution in [1.29, 1.82) is 0 Å². The van der Waals surface area contributed by atoms with Crippen LogP contribution in [-0.4, -0.2) is 53.5 Å². The molecule has 0 saturated carbocycles. The van der Waals surface area contributed by atoms with Gasteiger partial charge in [-0.15, -0.1) is 0 Å². The molecule has 166 valence electrons. The third-order valence-corrected chi connectivity index (χ3v) is 6.95. The minimum Gasteiger partial charge on any atom is -0.369 e. The van der Waals surface area contributed by atoms with Crippen LogP contribution in [0.3, 0.4) is 0 Å². The first-order chi connectivity index (χ1) is 15.5. The Morgan fingerprint density at radius 1 is 1.19 bits per heavy atom. The van der Waals surface area contributed by atoms with Crippen LogP contribution >= 0.6 is 0 Å². The third kappa shape index (κ3) is 3.28. The number of piperidine rings is 1. The van der Waals surface area contributed by atoms with Gasteiger partial charge < -0.3 is 19.5 Å². The van der Waals surface area contributed by atoms with Gasteiger partial charge in [-0.05, 0) is 49.1 Å². The van der Waals surface area contributed by atoms with Crippen LogP contribution in [0.2, 0.25) is 0 Å². The number of rotatable bonds is 5. The number of hydrogen-bond donors (Lipinski definition) is 1. The number of β-lactam (4-membered cyclic amide) rings is 1. The monoisotopic (exact) mass is 435 g/mol. The lowest BCUT2D eigenvalue weighted by Crippen LogP contribution is -2.78. The van der Waals surface area contributed by atoms with Gasteiger partial charge in [0.1, 0.15) is 5.82 Å². The number of nitrogens with one attached hydrogen (secondary N) is 1. The van der Waals surface area contributed by atoms with Crippen LogP contribution in [0.4, 0.5) is 10.1 Å². The molecule has 0 radical (unpaired) electrons. The maximum absolute atomic E-state index is 13.8. The average molecular weight is 435 g/mol. The predicted octanol–water partition coefficient (Wildman–Crippen LogP) is 3.66. The van der Waals surface area contributed by atoms with Crippen molar-refractivity contribution in [3.05, 3.63) is 66.1 Å². The van der Waals surface area contributed by atoms with Crippen molar-refractivity contribution in [2.45, 2.75) is 37.3 Å². The molecule has 1 unspecified atom stereocenters. The van der Waals surface area contributed by atoms with E-state index in [1.54, 1.807) is 17.0 Å². The summed E-state index contributed by atoms with van der Waals surface area (Å²) in [5.41, 5.74) is 2.23. The second kappa shape index (κ2) is 8.06. The molecule has 2 aromatic carbocycles. The van der Waals surface area contributed by atoms with Gasteiger partial charge in [0.2, 0.25) is 5.91 Å². The quantitative estimate of drug-likeness (QED) is 0.622. The summed E-state index contributed by atoms with van der Waals surface area (Å²) in [6.45, 7) is 1.09. The zero-order chi connectivity index (χ0) is 22.3. The number of ether oxygens (including phenoxy) is 1. The number of methoxy groups -OCH3 is 1. The van der Waals surface area contributed by atoms with E-state index >= 15 is 0 Å². The number of H-pyrrole nitrogens is 1. The van der Waals surface area contributed by atoms with Crippen LogP contribution in [0.5, 0.6) is 0 Å². The van der Waals surface area contributed by atoms with Crippen molar-refractivity contribution in [3.63, 3.8) is 0 Å². The fourth-order valence-electron chi connectivity index (χ4n) is 5.30. The van der Waals surface area contributed by atoms with Crippen molar-refractivity contribution in [2.75, 3.05) is 25.1 Å². The molecule has 1 atom stereocenters. The summed E-state index contributed by atoms with van der Waals surface area (Å²) in [6.07, 6.45) is 3.74. The van der Waals surface area contributed by atoms with E-state index in [1.807, 2.05) is 29.3 Å². The minimum absolute atomic E-state index is 0.113. The number of carbonyl (C=O) groups excluding carboxylic acids is 2. The molecule has 2 aliphatic rings. The van der Waals surface area contributed by atoms with Gasteiger partial charge in [0.25, 0.3) is 5.91 Å². The molecule has 0 aliphatic carbocycles. The Morgan fingerprint density at radius 2 is 1.97 bits per heavy atom. The highest BCUT2D eigenvalue weighted by atomic mass is 19.1. The van der Waals surface area contributed by atoms with E-state index in [0.717, 1.165) is 16.5 Å². The summed E-state index contributed by atoms with van der Waals surface area (Å²) in [6, 6.07) is 14.2. The summed E-state index contributed by atoms with van der Waals surface area (Å²) in [5.74, 6) is -0.421. The molecule has 7 heteroatoms. The van der Waals surface area contributed by atoms with Gasteiger partial charge in [-0.25, -0.2) is 4.39 Å². The number of carbonyl (C=O) groups is 2. The normalized spacial score (nSPS) is 20.1. The lowest BCUT2D eigenvalue weighted by atomic mass is 9.72. The number of nitrogens with zero attached hydrogens (tertiary/aromatic N) is 2. The van der Waals surface area contributed by atoms with E-state index in [0.29, 0.717) is 44.5 Å². The smallest absolute Gasteiger partial charge is 0.259 e. The fraction of sp³-hybridized carbons (Fsp3) is 0.360. The summed E-state index contributed by atoms with van der Waals surface area (Å²) < 4.78 is 19.3. The lowest BCUT2D eigenvalue weighted by molar-refractivity contribution is -0.152. The number of hydrogen-bond acceptors (Lipinski definition) is 3. The zero-order valence-corrected chi connectivity index (χ0v) is 18.0. The Balaban J connectivity index is 1.26. The summed E-state index contributed by atoms with van der Waals surface area (Å²) in [4.78, 5) is 32.4. The van der Waals surface area contributed by atoms with Crippen molar-refractivity contribution in [2.24, 2.45) is 0 Å². The topological polar surface area (TPSA) is 65.6 Å². The van der Waals surface area contributed by atoms with Gasteiger partial charge in [0.05, 0.1) is 5.54 Å². The molecule has 3 aromatic rings. The van der Waals surface area contributed by atoms with Crippen LogP contribution in [-0.2, 0) is 20.7 Å². The fourth-order valence-corrected chi connectivity index (χ4v) is 5.30. The first-order valence-electron chi connectivity index (χ1n) is 11.0. The number of aryl methyl sites for hydroxylation is 1. The molecule has 2 fully saturated rings. The number of aromatic amines is 1. The van der Waals surface area contributed by atoms with E-state index in [2.05, 4.69) is 11.1 Å². The second-order valence-electron chi connectivity index (χ2n) is 8.61. The highest BCUT2D eigenvalue weighted by Gasteiger charge is 2.62. The van der Waals surface area contributed by atoms with E-state index < -0.39 is 11.6 Å². The molecule has 1 N–H and O–H groups in total. The molecule has 2 amide bonds. The van der Waals surface area contributed by atoms with Crippen molar-refractivity contribution in [3.8, 4) is 0 Å². The Bertz CT molecular complexity index is 1170. The van der Waals surface area contributed by atoms with E-state index in [1.165, 1.54) is 19.2 Å². The molecule has 1 spiro atoms. The SMILES string of the molecule is COC1C(=O)N(c2cccc(F)c2)C12CCN(C(=O)CCc1c[nH]c3ccccc13)CC2. The van der Waals surface area contributed by atoms with Crippen LogP contribution in [0, 0.1) is 5.82 Å². The maximum atomic E-state index is 13.8. The zero-order valence-electron chi connectivity index (χ0n) is 18.0. The molecule has 2 saturated heterocycles. The van der Waals surface area contributed by atoms with Crippen molar-refractivity contribution < 1.29 is 18.7 Å². The van der Waals surface area contributed by atoms with Crippen LogP contribution in [0.1, 0.15) is 24.8 Å². The van der Waals surface area contributed by atoms with E-state index in [4.69, 9.17) is 4.74 Å². The highest BCUT2D eigenvalue weighted by Crippen LogP contribution is 2.45. The molecule has 32 heavy (non-hydrogen) atoms. The number of anilines is 1. The molecule has 3 heterocycles. The van der Waals surface area contributed by atoms with Crippen LogP contribution in [0.25, 0.3) is 10.9 Å². The van der Waals surface area contributed by atoms with Gasteiger partial charge in [-0.3, -0.25) is 9.59 Å². The standard InChI is InChI=1S/C25H26FN3O3/c1-32-23-24(31)29(19-6-4-5-18(26)15-19)25(23)11-13-28(14-12-25)22(30)10-9-17-16-27-21-8-3-2-7-20(17)21/h2-8,15-16,23,27H,9-14H2,1H3. The molecule has 5 rings (SSSR count). The van der Waals surface area contributed by atoms with Crippen LogP contribution in [0.15, 0.2) is 54.7 Å². The predicted molar refractivity (Wildman–Crippen MR) is 120 cm³/mol. The van der Waals surface area contributed by atoms with Gasteiger partial charge >= 0.3 is 0 Å². The Labute approximate surface area is 186 Å². The molecule has 1 aromatic heterocycles. The number of fused-ring (bicyclic) bond motifs is 1. The number of halogens is 1. The molecular weight excluding hydrogens is 409 g/mol. The van der Waals surface area contributed by atoms with Crippen molar-refractivity contribution >= 4 is 28.4 Å². The summed E-state index contributed by atoms with van der Waals surface area (Å²) >= 11 is 0. The van der Waals surface area contributed by atoms with Gasteiger partial charge in [0, 0.05) is 49.4 Å². The average Bonchev–Trinajstić information content (AvgIpc) is 3.21. The minimum atomic E-state index is -0.561. The van der Waals surface area contributed by atoms with E-state index in [9.17, 15) is 14.0 Å². The molecule has 0 bridgehead atoms. The summed E-state index contributed by atoms with van der Waals surface area (Å²) in [7, 11) is 1.53. The van der Waals surface area contributed by atoms with E-state index in [-0.39, 0.29) is 17.6 Å². The number of likely N-dealkylation sites (tertiary alicyclic amines) is 1. The largest absolute Gasteiger partial charge is 0.369 e. The molecular formula is C25H26FN3O3. The third-order valence-electron chi connectivity index (χ3n) is 6.95. The Kier molecular flexibility index (Phi) is 5.21. The highest BCUT2D eigenvalue weighted by molar-refractivity contribution is 6.07. The van der Waals surface area contributed by atoms with Crippen molar-refractivity contribution in [1.82, 2.24) is 9.88 Å². The first-order valence-corrected chi connectivity index (χ1v) is 11.0. The Hall–Kier alpha value is -3.19. The number of benzene rings is 2. The lowest BCUT2D eigenvalue weighted by Gasteiger charge is -2.59. The Morgan fingerprint density at radius 3 is 2.72 bits per heavy atom. The van der Waals surface area contributed by atoms with Gasteiger partial charge in [-0.1, -0.05) is 24.3 Å². The first kappa shape index (κ1) is 20.7. The second-order valence-corrected chi connectivity index (χ2v) is 8.61. The molecule has 6 nitrogen and oxygen atoms in total. The van der Waals surface area contributed by atoms with Crippen LogP contribution < -0.4 is 4.90 Å². The molecule has 2 aliphatic heterocycles. The maximum Gasteiger partial charge on any atom is 0.259 e. The van der Waals surface area contributed by atoms with Gasteiger partial charge in [0.15, 0.2) is 6.10 Å². The summed E-state index contributed by atoms with van der Waals surface area (Å²) in [5, 5.41) is 1.15. The van der Waals surface area contributed by atoms with Gasteiger partial charge in [-0.2, -0.15) is 0 Å². The number of amides is 2. The number of aromatic nitrogens is 1.